The van der Waals surface area contributed by atoms with Crippen LogP contribution in [-0.2, 0) is 4.79 Å². The number of carbonyl (C=O) groups excluding carboxylic acids is 1. The van der Waals surface area contributed by atoms with E-state index in [4.69, 9.17) is 4.98 Å². The smallest absolute Gasteiger partial charge is 0.226 e. The number of fused-ring (bicyclic) bond motifs is 1. The molecule has 0 bridgehead atoms. The standard InChI is InChI=1S/C22H21FN4OS2/c1-13-10-18-19(11-14(13)2)30-22(24-18)27-20(12-15(3)26-27)25-21(28)8-9-29-17-6-4-16(23)5-7-17/h4-7,10-12H,8-9H2,1-3H3,(H,25,28). The van der Waals surface area contributed by atoms with Crippen molar-refractivity contribution in [2.24, 2.45) is 0 Å². The molecule has 5 nitrogen and oxygen atoms in total. The summed E-state index contributed by atoms with van der Waals surface area (Å²) in [5.74, 6) is 0.848. The van der Waals surface area contributed by atoms with E-state index in [0.717, 1.165) is 25.9 Å². The number of rotatable bonds is 6. The van der Waals surface area contributed by atoms with Crippen molar-refractivity contribution in [2.45, 2.75) is 32.1 Å². The van der Waals surface area contributed by atoms with Gasteiger partial charge in [-0.1, -0.05) is 11.3 Å². The van der Waals surface area contributed by atoms with E-state index in [0.29, 0.717) is 18.0 Å². The highest BCUT2D eigenvalue weighted by molar-refractivity contribution is 7.99. The van der Waals surface area contributed by atoms with Crippen molar-refractivity contribution >= 4 is 45.0 Å². The molecule has 0 radical (unpaired) electrons. The lowest BCUT2D eigenvalue weighted by Crippen LogP contribution is -2.15. The number of benzene rings is 2. The lowest BCUT2D eigenvalue weighted by Gasteiger charge is -2.06. The van der Waals surface area contributed by atoms with Crippen molar-refractivity contribution in [1.82, 2.24) is 14.8 Å². The number of hydrogen-bond donors (Lipinski definition) is 1. The summed E-state index contributed by atoms with van der Waals surface area (Å²) in [4.78, 5) is 18.1. The highest BCUT2D eigenvalue weighted by atomic mass is 32.2. The summed E-state index contributed by atoms with van der Waals surface area (Å²) in [6.07, 6.45) is 0.338. The van der Waals surface area contributed by atoms with Gasteiger partial charge in [-0.05, 0) is 68.3 Å². The zero-order chi connectivity index (χ0) is 21.3. The van der Waals surface area contributed by atoms with E-state index in [1.165, 1.54) is 35.0 Å². The molecule has 30 heavy (non-hydrogen) atoms. The number of carbonyl (C=O) groups is 1. The van der Waals surface area contributed by atoms with Crippen molar-refractivity contribution < 1.29 is 9.18 Å². The summed E-state index contributed by atoms with van der Waals surface area (Å²) in [5, 5.41) is 8.19. The molecule has 154 valence electrons. The third kappa shape index (κ3) is 4.55. The minimum Gasteiger partial charge on any atom is -0.310 e. The van der Waals surface area contributed by atoms with Crippen LogP contribution < -0.4 is 5.32 Å². The van der Waals surface area contributed by atoms with Gasteiger partial charge in [0.2, 0.25) is 11.0 Å². The predicted octanol–water partition coefficient (Wildman–Crippen LogP) is 5.67. The molecule has 2 aromatic carbocycles. The molecule has 0 spiro atoms. The Hall–Kier alpha value is -2.71. The van der Waals surface area contributed by atoms with E-state index in [2.05, 4.69) is 36.4 Å². The number of halogens is 1. The van der Waals surface area contributed by atoms with Crippen LogP contribution in [0.4, 0.5) is 10.2 Å². The number of aryl methyl sites for hydroxylation is 3. The summed E-state index contributed by atoms with van der Waals surface area (Å²) in [6.45, 7) is 6.04. The van der Waals surface area contributed by atoms with Gasteiger partial charge in [-0.2, -0.15) is 9.78 Å². The minimum absolute atomic E-state index is 0.0986. The first-order valence-electron chi connectivity index (χ1n) is 9.52. The second-order valence-corrected chi connectivity index (χ2v) is 9.26. The van der Waals surface area contributed by atoms with Crippen molar-refractivity contribution in [3.05, 3.63) is 65.1 Å². The van der Waals surface area contributed by atoms with Crippen molar-refractivity contribution in [3.8, 4) is 5.13 Å². The molecule has 0 atom stereocenters. The maximum Gasteiger partial charge on any atom is 0.226 e. The highest BCUT2D eigenvalue weighted by Crippen LogP contribution is 2.29. The predicted molar refractivity (Wildman–Crippen MR) is 121 cm³/mol. The lowest BCUT2D eigenvalue weighted by atomic mass is 10.1. The molecule has 0 aliphatic heterocycles. The first-order chi connectivity index (χ1) is 14.4. The van der Waals surface area contributed by atoms with Crippen LogP contribution in [0.25, 0.3) is 15.3 Å². The molecule has 1 amide bonds. The Balaban J connectivity index is 1.46. The average Bonchev–Trinajstić information content (AvgIpc) is 3.26. The van der Waals surface area contributed by atoms with Gasteiger partial charge in [0.25, 0.3) is 0 Å². The number of thioether (sulfide) groups is 1. The fourth-order valence-corrected chi connectivity index (χ4v) is 4.85. The zero-order valence-corrected chi connectivity index (χ0v) is 18.5. The molecule has 0 aliphatic carbocycles. The normalized spacial score (nSPS) is 11.2. The van der Waals surface area contributed by atoms with Gasteiger partial charge in [-0.15, -0.1) is 11.8 Å². The summed E-state index contributed by atoms with van der Waals surface area (Å²) in [7, 11) is 0. The summed E-state index contributed by atoms with van der Waals surface area (Å²) in [5.41, 5.74) is 4.15. The quantitative estimate of drug-likeness (QED) is 0.393. The van der Waals surface area contributed by atoms with Crippen LogP contribution >= 0.6 is 23.1 Å². The summed E-state index contributed by atoms with van der Waals surface area (Å²) in [6, 6.07) is 12.3. The van der Waals surface area contributed by atoms with Gasteiger partial charge in [0, 0.05) is 23.1 Å². The SMILES string of the molecule is Cc1cc(NC(=O)CCSc2ccc(F)cc2)n(-c2nc3cc(C)c(C)cc3s2)n1. The van der Waals surface area contributed by atoms with E-state index in [1.807, 2.05) is 13.0 Å². The third-order valence-corrected chi connectivity index (χ3v) is 6.69. The Morgan fingerprint density at radius 2 is 1.87 bits per heavy atom. The molecule has 8 heteroatoms. The van der Waals surface area contributed by atoms with Gasteiger partial charge in [0.15, 0.2) is 0 Å². The van der Waals surface area contributed by atoms with E-state index in [9.17, 15) is 9.18 Å². The van der Waals surface area contributed by atoms with Crippen molar-refractivity contribution in [3.63, 3.8) is 0 Å². The van der Waals surface area contributed by atoms with Crippen LogP contribution in [0.2, 0.25) is 0 Å². The van der Waals surface area contributed by atoms with Crippen LogP contribution in [0.15, 0.2) is 47.4 Å². The van der Waals surface area contributed by atoms with Crippen LogP contribution in [0.1, 0.15) is 23.2 Å². The van der Waals surface area contributed by atoms with Crippen molar-refractivity contribution in [2.75, 3.05) is 11.1 Å². The van der Waals surface area contributed by atoms with E-state index >= 15 is 0 Å². The minimum atomic E-state index is -0.263. The van der Waals surface area contributed by atoms with Crippen molar-refractivity contribution in [1.29, 1.82) is 0 Å². The van der Waals surface area contributed by atoms with Crippen LogP contribution in [0.5, 0.6) is 0 Å². The lowest BCUT2D eigenvalue weighted by molar-refractivity contribution is -0.115. The maximum absolute atomic E-state index is 13.0. The Morgan fingerprint density at radius 3 is 2.63 bits per heavy atom. The maximum atomic E-state index is 13.0. The number of hydrogen-bond acceptors (Lipinski definition) is 5. The Labute approximate surface area is 182 Å². The van der Waals surface area contributed by atoms with Crippen LogP contribution in [-0.4, -0.2) is 26.4 Å². The Kier molecular flexibility index (Phi) is 5.87. The first kappa shape index (κ1) is 20.6. The molecule has 0 fully saturated rings. The monoisotopic (exact) mass is 440 g/mol. The summed E-state index contributed by atoms with van der Waals surface area (Å²) < 4.78 is 15.8. The van der Waals surface area contributed by atoms with Gasteiger partial charge >= 0.3 is 0 Å². The number of amides is 1. The molecule has 4 rings (SSSR count). The molecule has 2 aromatic heterocycles. The molecule has 0 aliphatic rings. The van der Waals surface area contributed by atoms with Crippen LogP contribution in [0.3, 0.4) is 0 Å². The average molecular weight is 441 g/mol. The molecule has 2 heterocycles. The van der Waals surface area contributed by atoms with Gasteiger partial charge in [-0.25, -0.2) is 9.37 Å². The number of thiazole rings is 1. The van der Waals surface area contributed by atoms with Gasteiger partial charge in [0.05, 0.1) is 15.9 Å². The van der Waals surface area contributed by atoms with E-state index in [1.54, 1.807) is 28.2 Å². The molecule has 0 saturated carbocycles. The molecular formula is C22H21FN4OS2. The third-order valence-electron chi connectivity index (χ3n) is 4.68. The molecule has 0 unspecified atom stereocenters. The molecule has 0 saturated heterocycles. The zero-order valence-electron chi connectivity index (χ0n) is 16.9. The molecular weight excluding hydrogens is 419 g/mol. The van der Waals surface area contributed by atoms with Gasteiger partial charge < -0.3 is 5.32 Å². The Morgan fingerprint density at radius 1 is 1.13 bits per heavy atom. The number of nitrogens with one attached hydrogen (secondary N) is 1. The molecule has 1 N–H and O–H groups in total. The second-order valence-electron chi connectivity index (χ2n) is 7.08. The topological polar surface area (TPSA) is 59.8 Å². The summed E-state index contributed by atoms with van der Waals surface area (Å²) >= 11 is 3.07. The highest BCUT2D eigenvalue weighted by Gasteiger charge is 2.15. The van der Waals surface area contributed by atoms with E-state index in [-0.39, 0.29) is 11.7 Å². The first-order valence-corrected chi connectivity index (χ1v) is 11.3. The Bertz CT molecular complexity index is 1180. The van der Waals surface area contributed by atoms with Crippen LogP contribution in [0, 0.1) is 26.6 Å². The number of aromatic nitrogens is 3. The second kappa shape index (κ2) is 8.57. The van der Waals surface area contributed by atoms with Gasteiger partial charge in [0.1, 0.15) is 11.6 Å². The number of nitrogens with zero attached hydrogens (tertiary/aromatic N) is 3. The largest absolute Gasteiger partial charge is 0.310 e. The molecule has 4 aromatic rings. The van der Waals surface area contributed by atoms with Gasteiger partial charge in [-0.3, -0.25) is 4.79 Å². The number of anilines is 1. The van der Waals surface area contributed by atoms with E-state index < -0.39 is 0 Å². The fraction of sp³-hybridized carbons (Fsp3) is 0.227. The fourth-order valence-electron chi connectivity index (χ4n) is 2.99.